The number of benzene rings is 1. The number of anilines is 1. The first-order valence-corrected chi connectivity index (χ1v) is 8.99. The molecule has 0 atom stereocenters. The summed E-state index contributed by atoms with van der Waals surface area (Å²) >= 11 is 0. The summed E-state index contributed by atoms with van der Waals surface area (Å²) in [5, 5.41) is 4.89. The number of nitrogens with one attached hydrogen (secondary N) is 2. The highest BCUT2D eigenvalue weighted by Gasteiger charge is 2.16. The van der Waals surface area contributed by atoms with Gasteiger partial charge in [-0.2, -0.15) is 8.42 Å². The molecule has 0 aliphatic heterocycles. The van der Waals surface area contributed by atoms with Gasteiger partial charge in [-0.3, -0.25) is 4.72 Å². The smallest absolute Gasteiger partial charge is 0.278 e. The SMILES string of the molecule is Cc1ncc(S(=O)(=O)Nc2ccc(CS(N)(=O)=O)cc2)[nH]1. The maximum absolute atomic E-state index is 12.0. The van der Waals surface area contributed by atoms with E-state index in [1.807, 2.05) is 0 Å². The van der Waals surface area contributed by atoms with Gasteiger partial charge >= 0.3 is 0 Å². The highest BCUT2D eigenvalue weighted by Crippen LogP contribution is 2.16. The number of nitrogens with zero attached hydrogens (tertiary/aromatic N) is 1. The van der Waals surface area contributed by atoms with E-state index in [9.17, 15) is 16.8 Å². The molecule has 0 saturated heterocycles. The fraction of sp³-hybridized carbons (Fsp3) is 0.182. The number of sulfonamides is 2. The standard InChI is InChI=1S/C11H14N4O4S2/c1-8-13-6-11(14-8)21(18,19)15-10-4-2-9(3-5-10)7-20(12,16)17/h2-6,15H,7H2,1H3,(H,13,14)(H2,12,16,17). The quantitative estimate of drug-likeness (QED) is 0.725. The molecule has 1 heterocycles. The minimum atomic E-state index is -3.75. The van der Waals surface area contributed by atoms with Gasteiger partial charge < -0.3 is 4.98 Å². The minimum Gasteiger partial charge on any atom is -0.332 e. The molecule has 0 bridgehead atoms. The first-order chi connectivity index (χ1) is 9.66. The van der Waals surface area contributed by atoms with Crippen LogP contribution in [-0.2, 0) is 25.8 Å². The lowest BCUT2D eigenvalue weighted by molar-refractivity contribution is 0.595. The Hall–Kier alpha value is -1.91. The normalized spacial score (nSPS) is 12.3. The predicted octanol–water partition coefficient (Wildman–Crippen LogP) is 0.307. The van der Waals surface area contributed by atoms with Crippen LogP contribution in [0.1, 0.15) is 11.4 Å². The van der Waals surface area contributed by atoms with Crippen molar-refractivity contribution in [1.29, 1.82) is 0 Å². The Kier molecular flexibility index (Phi) is 4.03. The summed E-state index contributed by atoms with van der Waals surface area (Å²) in [6.07, 6.45) is 1.22. The molecule has 0 amide bonds. The van der Waals surface area contributed by atoms with Crippen molar-refractivity contribution in [2.45, 2.75) is 17.7 Å². The zero-order valence-corrected chi connectivity index (χ0v) is 12.7. The zero-order chi connectivity index (χ0) is 15.7. The molecule has 8 nitrogen and oxygen atoms in total. The van der Waals surface area contributed by atoms with Crippen LogP contribution >= 0.6 is 0 Å². The Morgan fingerprint density at radius 3 is 2.29 bits per heavy atom. The van der Waals surface area contributed by atoms with Gasteiger partial charge in [0.05, 0.1) is 11.9 Å². The average molecular weight is 330 g/mol. The summed E-state index contributed by atoms with van der Waals surface area (Å²) in [7, 11) is -7.37. The predicted molar refractivity (Wildman–Crippen MR) is 77.4 cm³/mol. The second-order valence-electron chi connectivity index (χ2n) is 4.44. The van der Waals surface area contributed by atoms with E-state index >= 15 is 0 Å². The molecule has 1 aromatic carbocycles. The van der Waals surface area contributed by atoms with E-state index in [1.165, 1.54) is 30.5 Å². The molecule has 0 unspecified atom stereocenters. The van der Waals surface area contributed by atoms with Crippen molar-refractivity contribution in [2.75, 3.05) is 4.72 Å². The third kappa shape index (κ3) is 4.28. The van der Waals surface area contributed by atoms with E-state index in [-0.39, 0.29) is 10.8 Å². The lowest BCUT2D eigenvalue weighted by Crippen LogP contribution is -2.15. The van der Waals surface area contributed by atoms with Gasteiger partial charge in [0.1, 0.15) is 5.82 Å². The Morgan fingerprint density at radius 1 is 1.19 bits per heavy atom. The van der Waals surface area contributed by atoms with Crippen molar-refractivity contribution in [1.82, 2.24) is 9.97 Å². The summed E-state index contributed by atoms with van der Waals surface area (Å²) in [6, 6.07) is 5.89. The van der Waals surface area contributed by atoms with Crippen LogP contribution in [0.3, 0.4) is 0 Å². The van der Waals surface area contributed by atoms with E-state index in [1.54, 1.807) is 6.92 Å². The van der Waals surface area contributed by atoms with Crippen LogP contribution in [0.4, 0.5) is 5.69 Å². The van der Waals surface area contributed by atoms with Gasteiger partial charge in [-0.1, -0.05) is 12.1 Å². The molecule has 0 aliphatic rings. The molecule has 0 spiro atoms. The van der Waals surface area contributed by atoms with Gasteiger partial charge in [0.25, 0.3) is 10.0 Å². The number of rotatable bonds is 5. The molecule has 2 aromatic rings. The van der Waals surface area contributed by atoms with Crippen LogP contribution in [0.25, 0.3) is 0 Å². The number of hydrogen-bond donors (Lipinski definition) is 3. The monoisotopic (exact) mass is 330 g/mol. The summed E-state index contributed by atoms with van der Waals surface area (Å²) in [6.45, 7) is 1.64. The third-order valence-corrected chi connectivity index (χ3v) is 4.57. The summed E-state index contributed by atoms with van der Waals surface area (Å²) in [5.41, 5.74) is 0.776. The van der Waals surface area contributed by atoms with Gasteiger partial charge in [0, 0.05) is 5.69 Å². The molecule has 0 fully saturated rings. The van der Waals surface area contributed by atoms with Gasteiger partial charge in [-0.25, -0.2) is 18.5 Å². The van der Waals surface area contributed by atoms with Gasteiger partial charge in [-0.15, -0.1) is 0 Å². The van der Waals surface area contributed by atoms with Crippen LogP contribution in [-0.4, -0.2) is 26.8 Å². The summed E-state index contributed by atoms with van der Waals surface area (Å²) in [5.74, 6) is 0.179. The highest BCUT2D eigenvalue weighted by atomic mass is 32.2. The Labute approximate surface area is 122 Å². The molecule has 10 heteroatoms. The number of aryl methyl sites for hydroxylation is 1. The number of nitrogens with two attached hydrogens (primary N) is 1. The first kappa shape index (κ1) is 15.5. The maximum Gasteiger partial charge on any atom is 0.278 e. The topological polar surface area (TPSA) is 135 Å². The summed E-state index contributed by atoms with van der Waals surface area (Å²) in [4.78, 5) is 6.45. The summed E-state index contributed by atoms with van der Waals surface area (Å²) < 4.78 is 48.3. The number of H-pyrrole nitrogens is 1. The molecule has 1 aromatic heterocycles. The molecule has 0 aliphatic carbocycles. The average Bonchev–Trinajstić information content (AvgIpc) is 2.77. The Bertz CT molecular complexity index is 839. The van der Waals surface area contributed by atoms with Gasteiger partial charge in [0.15, 0.2) is 5.03 Å². The molecular weight excluding hydrogens is 316 g/mol. The van der Waals surface area contributed by atoms with E-state index < -0.39 is 20.0 Å². The zero-order valence-electron chi connectivity index (χ0n) is 11.1. The minimum absolute atomic E-state index is 0.0476. The van der Waals surface area contributed by atoms with E-state index in [4.69, 9.17) is 5.14 Å². The fourth-order valence-electron chi connectivity index (χ4n) is 1.65. The molecule has 4 N–H and O–H groups in total. The van der Waals surface area contributed by atoms with Crippen LogP contribution in [0.15, 0.2) is 35.5 Å². The van der Waals surface area contributed by atoms with E-state index in [0.29, 0.717) is 17.1 Å². The van der Waals surface area contributed by atoms with E-state index in [0.717, 1.165) is 0 Å². The van der Waals surface area contributed by atoms with Crippen LogP contribution in [0, 0.1) is 6.92 Å². The van der Waals surface area contributed by atoms with Crippen LogP contribution in [0.2, 0.25) is 0 Å². The Morgan fingerprint density at radius 2 is 1.81 bits per heavy atom. The van der Waals surface area contributed by atoms with Crippen molar-refractivity contribution in [3.05, 3.63) is 41.9 Å². The number of aromatic nitrogens is 2. The lowest BCUT2D eigenvalue weighted by Gasteiger charge is -2.07. The number of imidazole rings is 1. The van der Waals surface area contributed by atoms with Crippen LogP contribution < -0.4 is 9.86 Å². The molecule has 114 valence electrons. The van der Waals surface area contributed by atoms with Crippen molar-refractivity contribution in [3.63, 3.8) is 0 Å². The third-order valence-electron chi connectivity index (χ3n) is 2.54. The fourth-order valence-corrected chi connectivity index (χ4v) is 3.33. The lowest BCUT2D eigenvalue weighted by atomic mass is 10.2. The second-order valence-corrected chi connectivity index (χ2v) is 7.71. The molecule has 21 heavy (non-hydrogen) atoms. The van der Waals surface area contributed by atoms with Crippen molar-refractivity contribution in [3.8, 4) is 0 Å². The maximum atomic E-state index is 12.0. The van der Waals surface area contributed by atoms with Crippen molar-refractivity contribution < 1.29 is 16.8 Å². The number of hydrogen-bond acceptors (Lipinski definition) is 5. The highest BCUT2D eigenvalue weighted by molar-refractivity contribution is 7.92. The van der Waals surface area contributed by atoms with E-state index in [2.05, 4.69) is 14.7 Å². The number of aromatic amines is 1. The number of primary sulfonamides is 1. The molecule has 0 radical (unpaired) electrons. The molecule has 2 rings (SSSR count). The Balaban J connectivity index is 2.17. The van der Waals surface area contributed by atoms with Crippen molar-refractivity contribution in [2.24, 2.45) is 5.14 Å². The first-order valence-electron chi connectivity index (χ1n) is 5.79. The van der Waals surface area contributed by atoms with Crippen molar-refractivity contribution >= 4 is 25.7 Å². The van der Waals surface area contributed by atoms with Gasteiger partial charge in [-0.05, 0) is 24.6 Å². The molecule has 0 saturated carbocycles. The molecular formula is C11H14N4O4S2. The van der Waals surface area contributed by atoms with Crippen LogP contribution in [0.5, 0.6) is 0 Å². The second kappa shape index (κ2) is 5.47. The van der Waals surface area contributed by atoms with Gasteiger partial charge in [0.2, 0.25) is 10.0 Å². The largest absolute Gasteiger partial charge is 0.332 e.